The van der Waals surface area contributed by atoms with Gasteiger partial charge in [-0.3, -0.25) is 4.79 Å². The van der Waals surface area contributed by atoms with E-state index in [1.54, 1.807) is 27.7 Å². The molecule has 0 aromatic heterocycles. The third-order valence-corrected chi connectivity index (χ3v) is 2.82. The van der Waals surface area contributed by atoms with Crippen LogP contribution in [0.4, 0.5) is 4.79 Å². The van der Waals surface area contributed by atoms with Gasteiger partial charge >= 0.3 is 12.1 Å². The number of carbonyl (C=O) groups excluding carboxylic acids is 2. The number of hydrogen-bond acceptors (Lipinski definition) is 5. The molecule has 1 fully saturated rings. The summed E-state index contributed by atoms with van der Waals surface area (Å²) in [6.07, 6.45) is -0.880. The van der Waals surface area contributed by atoms with Crippen molar-refractivity contribution < 1.29 is 24.2 Å². The Balaban J connectivity index is 2.63. The van der Waals surface area contributed by atoms with E-state index in [9.17, 15) is 14.7 Å². The predicted octanol–water partition coefficient (Wildman–Crippen LogP) is 1.17. The van der Waals surface area contributed by atoms with Gasteiger partial charge in [-0.2, -0.15) is 0 Å². The summed E-state index contributed by atoms with van der Waals surface area (Å²) < 4.78 is 10.2. The zero-order valence-electron chi connectivity index (χ0n) is 12.0. The Bertz CT molecular complexity index is 336. The summed E-state index contributed by atoms with van der Waals surface area (Å²) >= 11 is 0. The van der Waals surface area contributed by atoms with Crippen LogP contribution in [0.15, 0.2) is 0 Å². The molecule has 0 aromatic rings. The molecule has 1 N–H and O–H groups in total. The minimum Gasteiger partial charge on any atom is -0.466 e. The molecule has 0 saturated carbocycles. The number of piperidine rings is 1. The minimum absolute atomic E-state index is 0.134. The van der Waals surface area contributed by atoms with Crippen LogP contribution in [0.3, 0.4) is 0 Å². The first kappa shape index (κ1) is 15.8. The Kier molecular flexibility index (Phi) is 5.17. The fraction of sp³-hybridized carbons (Fsp3) is 0.846. The normalized spacial score (nSPS) is 23.9. The van der Waals surface area contributed by atoms with Gasteiger partial charge in [0.1, 0.15) is 11.5 Å². The van der Waals surface area contributed by atoms with Crippen LogP contribution in [0, 0.1) is 5.92 Å². The van der Waals surface area contributed by atoms with E-state index in [0.29, 0.717) is 13.0 Å². The van der Waals surface area contributed by atoms with E-state index < -0.39 is 29.7 Å². The highest BCUT2D eigenvalue weighted by Gasteiger charge is 2.37. The monoisotopic (exact) mass is 273 g/mol. The van der Waals surface area contributed by atoms with Gasteiger partial charge in [-0.1, -0.05) is 0 Å². The second kappa shape index (κ2) is 6.23. The number of esters is 1. The highest BCUT2D eigenvalue weighted by molar-refractivity contribution is 5.75. The van der Waals surface area contributed by atoms with Crippen LogP contribution in [0.2, 0.25) is 0 Å². The van der Waals surface area contributed by atoms with Gasteiger partial charge in [0.25, 0.3) is 0 Å². The first-order valence-corrected chi connectivity index (χ1v) is 6.57. The molecule has 6 nitrogen and oxygen atoms in total. The minimum atomic E-state index is -0.766. The molecule has 1 heterocycles. The first-order chi connectivity index (χ1) is 8.74. The van der Waals surface area contributed by atoms with Crippen molar-refractivity contribution in [2.45, 2.75) is 45.8 Å². The van der Waals surface area contributed by atoms with Crippen molar-refractivity contribution in [3.63, 3.8) is 0 Å². The second-order valence-electron chi connectivity index (χ2n) is 5.64. The molecule has 0 aromatic carbocycles. The smallest absolute Gasteiger partial charge is 0.410 e. The molecular formula is C13H23NO5. The van der Waals surface area contributed by atoms with Gasteiger partial charge in [0.15, 0.2) is 0 Å². The third-order valence-electron chi connectivity index (χ3n) is 2.82. The molecule has 19 heavy (non-hydrogen) atoms. The van der Waals surface area contributed by atoms with E-state index in [0.717, 1.165) is 0 Å². The molecule has 0 bridgehead atoms. The number of rotatable bonds is 2. The van der Waals surface area contributed by atoms with Crippen molar-refractivity contribution in [1.82, 2.24) is 4.90 Å². The lowest BCUT2D eigenvalue weighted by atomic mass is 9.95. The average Bonchev–Trinajstić information content (AvgIpc) is 2.27. The van der Waals surface area contributed by atoms with Gasteiger partial charge in [0, 0.05) is 13.1 Å². The molecule has 0 spiro atoms. The van der Waals surface area contributed by atoms with Crippen molar-refractivity contribution in [2.75, 3.05) is 19.7 Å². The highest BCUT2D eigenvalue weighted by Crippen LogP contribution is 2.21. The van der Waals surface area contributed by atoms with Gasteiger partial charge in [-0.25, -0.2) is 4.79 Å². The van der Waals surface area contributed by atoms with Crippen molar-refractivity contribution in [1.29, 1.82) is 0 Å². The first-order valence-electron chi connectivity index (χ1n) is 6.57. The lowest BCUT2D eigenvalue weighted by Crippen LogP contribution is -2.50. The van der Waals surface area contributed by atoms with Crippen molar-refractivity contribution in [3.8, 4) is 0 Å². The van der Waals surface area contributed by atoms with E-state index in [1.807, 2.05) is 0 Å². The fourth-order valence-electron chi connectivity index (χ4n) is 1.91. The van der Waals surface area contributed by atoms with Crippen LogP contribution in [-0.2, 0) is 14.3 Å². The number of hydrogen-bond donors (Lipinski definition) is 1. The summed E-state index contributed by atoms with van der Waals surface area (Å²) in [7, 11) is 0. The molecular weight excluding hydrogens is 250 g/mol. The average molecular weight is 273 g/mol. The third kappa shape index (κ3) is 4.70. The molecule has 1 aliphatic rings. The van der Waals surface area contributed by atoms with Crippen LogP contribution < -0.4 is 0 Å². The zero-order chi connectivity index (χ0) is 14.6. The Morgan fingerprint density at radius 2 is 2.00 bits per heavy atom. The van der Waals surface area contributed by atoms with E-state index in [-0.39, 0.29) is 13.2 Å². The van der Waals surface area contributed by atoms with Gasteiger partial charge in [-0.15, -0.1) is 0 Å². The quantitative estimate of drug-likeness (QED) is 0.764. The second-order valence-corrected chi connectivity index (χ2v) is 5.64. The Morgan fingerprint density at radius 1 is 1.37 bits per heavy atom. The Hall–Kier alpha value is -1.30. The Morgan fingerprint density at radius 3 is 2.53 bits per heavy atom. The predicted molar refractivity (Wildman–Crippen MR) is 68.6 cm³/mol. The summed E-state index contributed by atoms with van der Waals surface area (Å²) in [6.45, 7) is 7.83. The van der Waals surface area contributed by atoms with Crippen molar-refractivity contribution >= 4 is 12.1 Å². The molecule has 0 radical (unpaired) electrons. The number of aliphatic hydroxyl groups excluding tert-OH is 1. The highest BCUT2D eigenvalue weighted by atomic mass is 16.6. The lowest BCUT2D eigenvalue weighted by Gasteiger charge is -2.35. The van der Waals surface area contributed by atoms with Gasteiger partial charge in [-0.05, 0) is 34.1 Å². The molecule has 1 amide bonds. The van der Waals surface area contributed by atoms with E-state index in [1.165, 1.54) is 4.90 Å². The maximum Gasteiger partial charge on any atom is 0.410 e. The van der Waals surface area contributed by atoms with Gasteiger partial charge in [0.05, 0.1) is 12.7 Å². The molecule has 1 saturated heterocycles. The number of nitrogens with zero attached hydrogens (tertiary/aromatic N) is 1. The van der Waals surface area contributed by atoms with E-state index in [2.05, 4.69) is 0 Å². The van der Waals surface area contributed by atoms with E-state index in [4.69, 9.17) is 9.47 Å². The topological polar surface area (TPSA) is 76.1 Å². The molecule has 1 rings (SSSR count). The van der Waals surface area contributed by atoms with Crippen LogP contribution in [0.25, 0.3) is 0 Å². The SMILES string of the molecule is CCOC(=O)[C@@H]1CN(C(=O)OC(C)(C)C)CC[C@@H]1O. The maximum absolute atomic E-state index is 11.9. The van der Waals surface area contributed by atoms with Crippen LogP contribution in [0.5, 0.6) is 0 Å². The molecule has 6 heteroatoms. The van der Waals surface area contributed by atoms with Crippen molar-refractivity contribution in [2.24, 2.45) is 5.92 Å². The fourth-order valence-corrected chi connectivity index (χ4v) is 1.91. The molecule has 0 aliphatic carbocycles. The number of carbonyl (C=O) groups is 2. The Labute approximate surface area is 113 Å². The maximum atomic E-state index is 11.9. The molecule has 110 valence electrons. The standard InChI is InChI=1S/C13H23NO5/c1-5-18-11(16)9-8-14(7-6-10(9)15)12(17)19-13(2,3)4/h9-10,15H,5-8H2,1-4H3/t9-,10+/m1/s1. The van der Waals surface area contributed by atoms with Crippen LogP contribution >= 0.6 is 0 Å². The molecule has 0 unspecified atom stereocenters. The number of aliphatic hydroxyl groups is 1. The summed E-state index contributed by atoms with van der Waals surface area (Å²) in [6, 6.07) is 0. The largest absolute Gasteiger partial charge is 0.466 e. The summed E-state index contributed by atoms with van der Waals surface area (Å²) in [5, 5.41) is 9.82. The summed E-state index contributed by atoms with van der Waals surface area (Å²) in [5.74, 6) is -1.16. The molecule has 1 aliphatic heterocycles. The number of ether oxygens (including phenoxy) is 2. The van der Waals surface area contributed by atoms with Gasteiger partial charge in [0.2, 0.25) is 0 Å². The molecule has 2 atom stereocenters. The lowest BCUT2D eigenvalue weighted by molar-refractivity contribution is -0.154. The summed E-state index contributed by atoms with van der Waals surface area (Å²) in [4.78, 5) is 25.1. The number of amides is 1. The zero-order valence-corrected chi connectivity index (χ0v) is 12.0. The number of likely N-dealkylation sites (tertiary alicyclic amines) is 1. The summed E-state index contributed by atoms with van der Waals surface area (Å²) in [5.41, 5.74) is -0.577. The van der Waals surface area contributed by atoms with Gasteiger partial charge < -0.3 is 19.5 Å². The van der Waals surface area contributed by atoms with Crippen LogP contribution in [0.1, 0.15) is 34.1 Å². The van der Waals surface area contributed by atoms with Crippen molar-refractivity contribution in [3.05, 3.63) is 0 Å². The van der Waals surface area contributed by atoms with Crippen LogP contribution in [-0.4, -0.2) is 53.5 Å². The van der Waals surface area contributed by atoms with E-state index >= 15 is 0 Å².